The molecule has 1 aromatic heterocycles. The fourth-order valence-electron chi connectivity index (χ4n) is 2.47. The highest BCUT2D eigenvalue weighted by Crippen LogP contribution is 2.29. The third-order valence-corrected chi connectivity index (χ3v) is 4.79. The molecule has 3 aromatic carbocycles. The van der Waals surface area contributed by atoms with Gasteiger partial charge in [-0.2, -0.15) is 0 Å². The highest BCUT2D eigenvalue weighted by atomic mass is 35.5. The van der Waals surface area contributed by atoms with Crippen LogP contribution in [0.2, 0.25) is 5.02 Å². The molecule has 134 valence electrons. The van der Waals surface area contributed by atoms with Gasteiger partial charge in [0.15, 0.2) is 11.6 Å². The first-order chi connectivity index (χ1) is 13.2. The Morgan fingerprint density at radius 1 is 0.815 bits per heavy atom. The van der Waals surface area contributed by atoms with Gasteiger partial charge in [-0.3, -0.25) is 0 Å². The molecular formula is C20H14ClFN4S. The largest absolute Gasteiger partial charge is 0.337 e. The Kier molecular flexibility index (Phi) is 5.09. The monoisotopic (exact) mass is 396 g/mol. The molecule has 4 nitrogen and oxygen atoms in total. The van der Waals surface area contributed by atoms with Gasteiger partial charge in [-0.05, 0) is 66.5 Å². The lowest BCUT2D eigenvalue weighted by atomic mass is 10.3. The molecule has 2 N–H and O–H groups in total. The highest BCUT2D eigenvalue weighted by Gasteiger charge is 2.10. The van der Waals surface area contributed by atoms with Crippen molar-refractivity contribution < 1.29 is 4.39 Å². The minimum absolute atomic E-state index is 0.321. The van der Waals surface area contributed by atoms with E-state index in [1.54, 1.807) is 12.1 Å². The Hall–Kier alpha value is -2.83. The van der Waals surface area contributed by atoms with E-state index in [4.69, 9.17) is 11.6 Å². The highest BCUT2D eigenvalue weighted by molar-refractivity contribution is 8.00. The molecule has 1 heterocycles. The summed E-state index contributed by atoms with van der Waals surface area (Å²) >= 11 is 7.32. The molecule has 0 aliphatic carbocycles. The second kappa shape index (κ2) is 7.82. The van der Waals surface area contributed by atoms with Gasteiger partial charge in [-0.25, -0.2) is 14.4 Å². The minimum atomic E-state index is -0.321. The number of nitrogens with one attached hydrogen (secondary N) is 2. The number of fused-ring (bicyclic) bond motifs is 1. The lowest BCUT2D eigenvalue weighted by molar-refractivity contribution is 0.628. The molecule has 0 atom stereocenters. The van der Waals surface area contributed by atoms with Crippen molar-refractivity contribution in [1.82, 2.24) is 9.97 Å². The molecule has 0 unspecified atom stereocenters. The van der Waals surface area contributed by atoms with Gasteiger partial charge in [0.1, 0.15) is 5.82 Å². The van der Waals surface area contributed by atoms with Crippen LogP contribution in [-0.2, 0) is 0 Å². The first kappa shape index (κ1) is 17.6. The van der Waals surface area contributed by atoms with Crippen LogP contribution < -0.4 is 10.0 Å². The summed E-state index contributed by atoms with van der Waals surface area (Å²) in [5, 5.41) is 3.82. The van der Waals surface area contributed by atoms with Gasteiger partial charge in [0.2, 0.25) is 0 Å². The molecule has 0 bridgehead atoms. The summed E-state index contributed by atoms with van der Waals surface area (Å²) < 4.78 is 16.7. The molecule has 0 saturated carbocycles. The first-order valence-electron chi connectivity index (χ1n) is 8.15. The third kappa shape index (κ3) is 4.30. The number of rotatable bonds is 5. The molecule has 0 fully saturated rings. The van der Waals surface area contributed by atoms with Crippen LogP contribution in [0.4, 0.5) is 21.7 Å². The van der Waals surface area contributed by atoms with Crippen molar-refractivity contribution >= 4 is 51.9 Å². The lowest BCUT2D eigenvalue weighted by Crippen LogP contribution is -2.02. The predicted octanol–water partition coefficient (Wildman–Crippen LogP) is 6.29. The Balaban J connectivity index is 1.67. The molecule has 4 aromatic rings. The summed E-state index contributed by atoms with van der Waals surface area (Å²) in [7, 11) is 0. The predicted molar refractivity (Wildman–Crippen MR) is 110 cm³/mol. The van der Waals surface area contributed by atoms with Gasteiger partial charge >= 0.3 is 0 Å². The van der Waals surface area contributed by atoms with Crippen LogP contribution in [0.25, 0.3) is 11.0 Å². The molecule has 0 amide bonds. The van der Waals surface area contributed by atoms with Crippen molar-refractivity contribution in [3.8, 4) is 0 Å². The molecular weight excluding hydrogens is 383 g/mol. The molecule has 0 saturated heterocycles. The lowest BCUT2D eigenvalue weighted by Gasteiger charge is -2.13. The maximum Gasteiger partial charge on any atom is 0.180 e. The number of hydrogen-bond acceptors (Lipinski definition) is 5. The molecule has 27 heavy (non-hydrogen) atoms. The third-order valence-electron chi connectivity index (χ3n) is 3.74. The van der Waals surface area contributed by atoms with Gasteiger partial charge in [0.25, 0.3) is 0 Å². The normalized spacial score (nSPS) is 10.7. The van der Waals surface area contributed by atoms with E-state index in [0.717, 1.165) is 15.9 Å². The molecule has 7 heteroatoms. The number of nitrogens with zero attached hydrogens (tertiary/aromatic N) is 2. The number of benzene rings is 3. The van der Waals surface area contributed by atoms with E-state index in [-0.39, 0.29) is 5.82 Å². The second-order valence-electron chi connectivity index (χ2n) is 5.70. The summed E-state index contributed by atoms with van der Waals surface area (Å²) in [5.74, 6) is 0.748. The van der Waals surface area contributed by atoms with Gasteiger partial charge in [0.05, 0.1) is 11.0 Å². The summed E-state index contributed by atoms with van der Waals surface area (Å²) in [4.78, 5) is 10.3. The Bertz CT molecular complexity index is 1090. The number of hydrogen-bond donors (Lipinski definition) is 2. The van der Waals surface area contributed by atoms with E-state index in [1.807, 2.05) is 48.5 Å². The summed E-state index contributed by atoms with van der Waals surface area (Å²) in [5.41, 5.74) is 2.11. The van der Waals surface area contributed by atoms with E-state index < -0.39 is 0 Å². The fraction of sp³-hybridized carbons (Fsp3) is 0. The first-order valence-corrected chi connectivity index (χ1v) is 9.35. The zero-order valence-electron chi connectivity index (χ0n) is 14.0. The topological polar surface area (TPSA) is 49.8 Å². The Morgan fingerprint density at radius 2 is 1.52 bits per heavy atom. The number of halogens is 2. The average Bonchev–Trinajstić information content (AvgIpc) is 2.67. The summed E-state index contributed by atoms with van der Waals surface area (Å²) in [6.07, 6.45) is 0. The number of anilines is 3. The Labute approximate surface area is 164 Å². The van der Waals surface area contributed by atoms with Crippen molar-refractivity contribution in [3.63, 3.8) is 0 Å². The van der Waals surface area contributed by atoms with Crippen molar-refractivity contribution in [2.24, 2.45) is 0 Å². The van der Waals surface area contributed by atoms with Crippen LogP contribution in [0.15, 0.2) is 77.7 Å². The molecule has 4 rings (SSSR count). The van der Waals surface area contributed by atoms with Gasteiger partial charge in [-0.1, -0.05) is 29.8 Å². The van der Waals surface area contributed by atoms with Crippen LogP contribution in [-0.4, -0.2) is 9.97 Å². The van der Waals surface area contributed by atoms with Crippen molar-refractivity contribution in [3.05, 3.63) is 83.6 Å². The van der Waals surface area contributed by atoms with Crippen molar-refractivity contribution in [2.45, 2.75) is 4.90 Å². The maximum absolute atomic E-state index is 13.5. The van der Waals surface area contributed by atoms with E-state index >= 15 is 0 Å². The van der Waals surface area contributed by atoms with E-state index in [9.17, 15) is 4.39 Å². The quantitative estimate of drug-likeness (QED) is 0.388. The molecule has 0 radical (unpaired) electrons. The molecule has 0 aliphatic heterocycles. The zero-order valence-corrected chi connectivity index (χ0v) is 15.6. The maximum atomic E-state index is 13.5. The van der Waals surface area contributed by atoms with Gasteiger partial charge in [0, 0.05) is 15.6 Å². The van der Waals surface area contributed by atoms with Gasteiger partial charge in [-0.15, -0.1) is 0 Å². The van der Waals surface area contributed by atoms with E-state index in [2.05, 4.69) is 20.0 Å². The van der Waals surface area contributed by atoms with Crippen molar-refractivity contribution in [2.75, 3.05) is 10.0 Å². The average molecular weight is 397 g/mol. The Morgan fingerprint density at radius 3 is 2.22 bits per heavy atom. The SMILES string of the molecule is Fc1cccc(Nc2nc3ccccc3nc2NSc2ccc(Cl)cc2)c1. The van der Waals surface area contributed by atoms with Gasteiger partial charge < -0.3 is 10.0 Å². The van der Waals surface area contributed by atoms with E-state index in [1.165, 1.54) is 24.1 Å². The standard InChI is InChI=1S/C20H14ClFN4S/c21-13-8-10-16(11-9-13)27-26-20-19(23-15-5-3-4-14(22)12-15)24-17-6-1-2-7-18(17)25-20/h1-12H,(H,23,24)(H,25,26). The summed E-state index contributed by atoms with van der Waals surface area (Å²) in [6.45, 7) is 0. The minimum Gasteiger partial charge on any atom is -0.337 e. The van der Waals surface area contributed by atoms with Crippen LogP contribution >= 0.6 is 23.5 Å². The van der Waals surface area contributed by atoms with E-state index in [0.29, 0.717) is 22.3 Å². The molecule has 0 aliphatic rings. The summed E-state index contributed by atoms with van der Waals surface area (Å²) in [6, 6.07) is 21.3. The second-order valence-corrected chi connectivity index (χ2v) is 7.02. The molecule has 0 spiro atoms. The number of aromatic nitrogens is 2. The van der Waals surface area contributed by atoms with Crippen LogP contribution in [0.1, 0.15) is 0 Å². The van der Waals surface area contributed by atoms with Crippen molar-refractivity contribution in [1.29, 1.82) is 0 Å². The number of para-hydroxylation sites is 2. The van der Waals surface area contributed by atoms with Crippen LogP contribution in [0.3, 0.4) is 0 Å². The zero-order chi connectivity index (χ0) is 18.6. The fourth-order valence-corrected chi connectivity index (χ4v) is 3.23. The smallest absolute Gasteiger partial charge is 0.180 e. The van der Waals surface area contributed by atoms with Crippen LogP contribution in [0, 0.1) is 5.82 Å². The van der Waals surface area contributed by atoms with Crippen LogP contribution in [0.5, 0.6) is 0 Å².